The molecule has 0 saturated heterocycles. The highest BCUT2D eigenvalue weighted by atomic mass is 32.2. The predicted octanol–water partition coefficient (Wildman–Crippen LogP) is 4.88. The van der Waals surface area contributed by atoms with Gasteiger partial charge in [0.2, 0.25) is 0 Å². The fourth-order valence-corrected chi connectivity index (χ4v) is 4.51. The van der Waals surface area contributed by atoms with Crippen LogP contribution in [0, 0.1) is 11.3 Å². The lowest BCUT2D eigenvalue weighted by molar-refractivity contribution is 0.380. The third-order valence-corrected chi connectivity index (χ3v) is 5.64. The van der Waals surface area contributed by atoms with Crippen molar-refractivity contribution in [3.05, 3.63) is 59.7 Å². The van der Waals surface area contributed by atoms with E-state index in [0.717, 1.165) is 19.4 Å². The van der Waals surface area contributed by atoms with Gasteiger partial charge in [-0.05, 0) is 56.7 Å². The largest absolute Gasteiger partial charge is 0.309 e. The molecule has 0 fully saturated rings. The van der Waals surface area contributed by atoms with Gasteiger partial charge in [0.05, 0.1) is 12.0 Å². The highest BCUT2D eigenvalue weighted by Crippen LogP contribution is 2.48. The van der Waals surface area contributed by atoms with Crippen molar-refractivity contribution in [1.82, 2.24) is 4.90 Å². The van der Waals surface area contributed by atoms with E-state index >= 15 is 0 Å². The molecule has 0 radical (unpaired) electrons. The maximum Gasteiger partial charge on any atom is 0.0792 e. The van der Waals surface area contributed by atoms with Crippen LogP contribution >= 0.6 is 11.8 Å². The Hall–Kier alpha value is -1.76. The Bertz CT molecular complexity index is 718. The number of nitrogens with zero attached hydrogens (tertiary/aromatic N) is 2. The normalized spacial score (nSPS) is 19.6. The molecule has 2 atom stereocenters. The molecule has 0 aromatic heterocycles. The summed E-state index contributed by atoms with van der Waals surface area (Å²) in [4.78, 5) is 4.74. The van der Waals surface area contributed by atoms with Crippen molar-refractivity contribution in [2.75, 3.05) is 20.6 Å². The lowest BCUT2D eigenvalue weighted by atomic mass is 9.79. The lowest BCUT2D eigenvalue weighted by Crippen LogP contribution is -2.16. The molecule has 0 aliphatic carbocycles. The number of benzene rings is 2. The molecule has 2 aromatic rings. The van der Waals surface area contributed by atoms with Gasteiger partial charge < -0.3 is 4.90 Å². The van der Waals surface area contributed by atoms with Gasteiger partial charge in [0.15, 0.2) is 0 Å². The molecule has 0 unspecified atom stereocenters. The average Bonchev–Trinajstić information content (AvgIpc) is 2.68. The molecule has 3 heteroatoms. The van der Waals surface area contributed by atoms with Crippen molar-refractivity contribution >= 4 is 11.8 Å². The third kappa shape index (κ3) is 3.44. The first-order chi connectivity index (χ1) is 11.2. The molecule has 1 aliphatic heterocycles. The molecule has 2 aromatic carbocycles. The molecular formula is C20H22N2S. The second-order valence-electron chi connectivity index (χ2n) is 6.34. The fraction of sp³-hybridized carbons (Fsp3) is 0.350. The predicted molar refractivity (Wildman–Crippen MR) is 95.9 cm³/mol. The minimum absolute atomic E-state index is 0.0653. The van der Waals surface area contributed by atoms with E-state index < -0.39 is 0 Å². The van der Waals surface area contributed by atoms with Gasteiger partial charge >= 0.3 is 0 Å². The first kappa shape index (κ1) is 16.1. The molecule has 2 nitrogen and oxygen atoms in total. The van der Waals surface area contributed by atoms with Crippen molar-refractivity contribution < 1.29 is 0 Å². The summed E-state index contributed by atoms with van der Waals surface area (Å²) in [5, 5.41) is 9.90. The number of nitriles is 1. The molecule has 23 heavy (non-hydrogen) atoms. The SMILES string of the molecule is CN(C)CCC[C@@H]1c2ccccc2Sc2ccccc2[C@@H]1C#N. The van der Waals surface area contributed by atoms with E-state index in [9.17, 15) is 5.26 Å². The van der Waals surface area contributed by atoms with Crippen LogP contribution in [0.3, 0.4) is 0 Å². The first-order valence-corrected chi connectivity index (χ1v) is 8.92. The maximum atomic E-state index is 9.90. The molecule has 0 N–H and O–H groups in total. The molecule has 3 rings (SSSR count). The summed E-state index contributed by atoms with van der Waals surface area (Å²) >= 11 is 1.80. The molecule has 118 valence electrons. The Kier molecular flexibility index (Phi) is 5.05. The summed E-state index contributed by atoms with van der Waals surface area (Å²) in [7, 11) is 4.21. The van der Waals surface area contributed by atoms with Crippen LogP contribution < -0.4 is 0 Å². The van der Waals surface area contributed by atoms with E-state index in [4.69, 9.17) is 0 Å². The van der Waals surface area contributed by atoms with E-state index in [-0.39, 0.29) is 11.8 Å². The minimum Gasteiger partial charge on any atom is -0.309 e. The van der Waals surface area contributed by atoms with E-state index in [0.29, 0.717) is 0 Å². The van der Waals surface area contributed by atoms with Crippen molar-refractivity contribution in [2.45, 2.75) is 34.5 Å². The molecular weight excluding hydrogens is 300 g/mol. The van der Waals surface area contributed by atoms with Gasteiger partial charge in [-0.3, -0.25) is 0 Å². The Morgan fingerprint density at radius 2 is 1.61 bits per heavy atom. The Morgan fingerprint density at radius 1 is 1.00 bits per heavy atom. The van der Waals surface area contributed by atoms with Gasteiger partial charge in [-0.2, -0.15) is 5.26 Å². The second kappa shape index (κ2) is 7.21. The van der Waals surface area contributed by atoms with Crippen molar-refractivity contribution in [3.8, 4) is 6.07 Å². The quantitative estimate of drug-likeness (QED) is 0.802. The first-order valence-electron chi connectivity index (χ1n) is 8.10. The van der Waals surface area contributed by atoms with Gasteiger partial charge in [0.25, 0.3) is 0 Å². The van der Waals surface area contributed by atoms with Crippen LogP contribution in [-0.2, 0) is 0 Å². The summed E-state index contributed by atoms with van der Waals surface area (Å²) < 4.78 is 0. The van der Waals surface area contributed by atoms with Crippen LogP contribution in [0.15, 0.2) is 58.3 Å². The highest BCUT2D eigenvalue weighted by Gasteiger charge is 2.31. The topological polar surface area (TPSA) is 27.0 Å². The van der Waals surface area contributed by atoms with Gasteiger partial charge in [0, 0.05) is 15.7 Å². The number of rotatable bonds is 4. The smallest absolute Gasteiger partial charge is 0.0792 e. The zero-order chi connectivity index (χ0) is 16.2. The van der Waals surface area contributed by atoms with E-state index in [1.165, 1.54) is 20.9 Å². The summed E-state index contributed by atoms with van der Waals surface area (Å²) in [5.41, 5.74) is 2.52. The van der Waals surface area contributed by atoms with Crippen LogP contribution in [0.25, 0.3) is 0 Å². The second-order valence-corrected chi connectivity index (χ2v) is 7.42. The Morgan fingerprint density at radius 3 is 2.26 bits per heavy atom. The number of fused-ring (bicyclic) bond motifs is 2. The zero-order valence-electron chi connectivity index (χ0n) is 13.7. The fourth-order valence-electron chi connectivity index (χ4n) is 3.33. The standard InChI is InChI=1S/C20H22N2S/c1-22(2)13-7-10-15-16-8-3-5-11-19(16)23-20-12-6-4-9-17(20)18(15)14-21/h3-6,8-9,11-12,15,18H,7,10,13H2,1-2H3/t15-,18-/m1/s1. The Labute approximate surface area is 143 Å². The molecule has 1 heterocycles. The highest BCUT2D eigenvalue weighted by molar-refractivity contribution is 7.99. The van der Waals surface area contributed by atoms with E-state index in [1.807, 2.05) is 0 Å². The van der Waals surface area contributed by atoms with Gasteiger partial charge in [-0.1, -0.05) is 48.2 Å². The summed E-state index contributed by atoms with van der Waals surface area (Å²) in [6.07, 6.45) is 2.15. The summed E-state index contributed by atoms with van der Waals surface area (Å²) in [6, 6.07) is 19.6. The summed E-state index contributed by atoms with van der Waals surface area (Å²) in [5.74, 6) is 0.205. The molecule has 1 aliphatic rings. The van der Waals surface area contributed by atoms with Crippen molar-refractivity contribution in [3.63, 3.8) is 0 Å². The van der Waals surface area contributed by atoms with Crippen LogP contribution in [0.4, 0.5) is 0 Å². The van der Waals surface area contributed by atoms with Crippen LogP contribution in [0.5, 0.6) is 0 Å². The third-order valence-electron chi connectivity index (χ3n) is 4.45. The van der Waals surface area contributed by atoms with E-state index in [2.05, 4.69) is 73.6 Å². The molecule has 0 amide bonds. The van der Waals surface area contributed by atoms with Crippen molar-refractivity contribution in [1.29, 1.82) is 5.26 Å². The van der Waals surface area contributed by atoms with Gasteiger partial charge in [0.1, 0.15) is 0 Å². The van der Waals surface area contributed by atoms with Gasteiger partial charge in [-0.15, -0.1) is 0 Å². The molecule has 0 bridgehead atoms. The van der Waals surface area contributed by atoms with Gasteiger partial charge in [-0.25, -0.2) is 0 Å². The van der Waals surface area contributed by atoms with Crippen LogP contribution in [0.1, 0.15) is 35.8 Å². The minimum atomic E-state index is -0.0653. The van der Waals surface area contributed by atoms with E-state index in [1.54, 1.807) is 11.8 Å². The maximum absolute atomic E-state index is 9.90. The molecule has 0 spiro atoms. The Balaban J connectivity index is 2.02. The molecule has 0 saturated carbocycles. The monoisotopic (exact) mass is 322 g/mol. The number of hydrogen-bond donors (Lipinski definition) is 0. The van der Waals surface area contributed by atoms with Crippen molar-refractivity contribution in [2.24, 2.45) is 0 Å². The number of hydrogen-bond acceptors (Lipinski definition) is 3. The van der Waals surface area contributed by atoms with Crippen LogP contribution in [0.2, 0.25) is 0 Å². The zero-order valence-corrected chi connectivity index (χ0v) is 14.5. The average molecular weight is 322 g/mol. The summed E-state index contributed by atoms with van der Waals surface area (Å²) in [6.45, 7) is 1.06. The lowest BCUT2D eigenvalue weighted by Gasteiger charge is -2.23. The van der Waals surface area contributed by atoms with Crippen LogP contribution in [-0.4, -0.2) is 25.5 Å².